The summed E-state index contributed by atoms with van der Waals surface area (Å²) in [6, 6.07) is 7.42. The highest BCUT2D eigenvalue weighted by atomic mass is 16.5. The Balaban J connectivity index is 1.97. The van der Waals surface area contributed by atoms with Gasteiger partial charge < -0.3 is 20.7 Å². The average Bonchev–Trinajstić information content (AvgIpc) is 2.77. The van der Waals surface area contributed by atoms with Crippen molar-refractivity contribution in [1.29, 1.82) is 0 Å². The topological polar surface area (TPSA) is 79.5 Å². The second kappa shape index (κ2) is 9.80. The number of carbonyl (C=O) groups excluding carboxylic acids is 2. The summed E-state index contributed by atoms with van der Waals surface area (Å²) in [5, 5.41) is 9.34. The van der Waals surface area contributed by atoms with Gasteiger partial charge in [-0.05, 0) is 46.2 Å². The first kappa shape index (κ1) is 22.1. The van der Waals surface area contributed by atoms with E-state index < -0.39 is 5.41 Å². The highest BCUT2D eigenvalue weighted by Crippen LogP contribution is 2.30. The Morgan fingerprint density at radius 1 is 1.11 bits per heavy atom. The molecule has 2 rings (SSSR count). The molecule has 3 atom stereocenters. The zero-order valence-electron chi connectivity index (χ0n) is 17.8. The Kier molecular flexibility index (Phi) is 7.72. The van der Waals surface area contributed by atoms with Gasteiger partial charge >= 0.3 is 0 Å². The molecule has 0 bridgehead atoms. The lowest BCUT2D eigenvalue weighted by molar-refractivity contribution is -0.142. The summed E-state index contributed by atoms with van der Waals surface area (Å²) in [5.74, 6) is 0.230. The Morgan fingerprint density at radius 2 is 1.82 bits per heavy atom. The summed E-state index contributed by atoms with van der Waals surface area (Å²) in [4.78, 5) is 25.5. The summed E-state index contributed by atoms with van der Waals surface area (Å²) >= 11 is 0. The molecule has 0 radical (unpaired) electrons. The van der Waals surface area contributed by atoms with Crippen LogP contribution in [0.3, 0.4) is 0 Å². The van der Waals surface area contributed by atoms with E-state index >= 15 is 0 Å². The molecule has 3 N–H and O–H groups in total. The molecule has 1 unspecified atom stereocenters. The molecule has 0 spiro atoms. The standard InChI is InChI=1S/C22H35N3O3/c1-6-7-8-11-14-23-20(26)22(4,5)21(27)25-19-15(2)24-17-12-9-10-13-18(17)28-16(19)3/h9-10,12-13,15-16,19,24H,6-8,11,14H2,1-5H3,(H,23,26)(H,25,27)/t15?,16-,19-/m1/s1. The van der Waals surface area contributed by atoms with Crippen LogP contribution in [0.25, 0.3) is 0 Å². The highest BCUT2D eigenvalue weighted by Gasteiger charge is 2.39. The van der Waals surface area contributed by atoms with E-state index in [9.17, 15) is 9.59 Å². The Morgan fingerprint density at radius 3 is 2.54 bits per heavy atom. The maximum Gasteiger partial charge on any atom is 0.235 e. The zero-order chi connectivity index (χ0) is 20.7. The number of carbonyl (C=O) groups is 2. The lowest BCUT2D eigenvalue weighted by Crippen LogP contribution is -2.57. The fourth-order valence-corrected chi connectivity index (χ4v) is 3.36. The highest BCUT2D eigenvalue weighted by molar-refractivity contribution is 6.04. The van der Waals surface area contributed by atoms with Gasteiger partial charge in [0, 0.05) is 12.6 Å². The van der Waals surface area contributed by atoms with E-state index in [1.807, 2.05) is 38.1 Å². The molecule has 0 fully saturated rings. The fourth-order valence-electron chi connectivity index (χ4n) is 3.36. The summed E-state index contributed by atoms with van der Waals surface area (Å²) in [7, 11) is 0. The van der Waals surface area contributed by atoms with Gasteiger partial charge in [-0.3, -0.25) is 9.59 Å². The third-order valence-corrected chi connectivity index (χ3v) is 5.38. The van der Waals surface area contributed by atoms with Crippen LogP contribution in [-0.4, -0.2) is 36.5 Å². The van der Waals surface area contributed by atoms with Crippen molar-refractivity contribution in [3.63, 3.8) is 0 Å². The van der Waals surface area contributed by atoms with Crippen LogP contribution in [-0.2, 0) is 9.59 Å². The molecule has 28 heavy (non-hydrogen) atoms. The van der Waals surface area contributed by atoms with Crippen LogP contribution >= 0.6 is 0 Å². The molecule has 0 saturated heterocycles. The molecule has 1 aliphatic rings. The van der Waals surface area contributed by atoms with Crippen molar-refractivity contribution < 1.29 is 14.3 Å². The molecule has 156 valence electrons. The first-order chi connectivity index (χ1) is 13.3. The number of unbranched alkanes of at least 4 members (excludes halogenated alkanes) is 3. The van der Waals surface area contributed by atoms with Gasteiger partial charge in [0.05, 0.1) is 11.7 Å². The minimum atomic E-state index is -1.15. The SMILES string of the molecule is CCCCCCNC(=O)C(C)(C)C(=O)N[C@@H]1C(C)Nc2ccccc2O[C@@H]1C. The van der Waals surface area contributed by atoms with Crippen molar-refractivity contribution in [3.05, 3.63) is 24.3 Å². The number of nitrogens with one attached hydrogen (secondary N) is 3. The average molecular weight is 390 g/mol. The van der Waals surface area contributed by atoms with E-state index in [2.05, 4.69) is 22.9 Å². The number of hydrogen-bond acceptors (Lipinski definition) is 4. The predicted molar refractivity (Wildman–Crippen MR) is 112 cm³/mol. The molecule has 6 heteroatoms. The number of amides is 2. The van der Waals surface area contributed by atoms with Crippen LogP contribution in [0.2, 0.25) is 0 Å². The molecule has 1 heterocycles. The van der Waals surface area contributed by atoms with Gasteiger partial charge in [0.25, 0.3) is 0 Å². The molecular weight excluding hydrogens is 354 g/mol. The monoisotopic (exact) mass is 389 g/mol. The van der Waals surface area contributed by atoms with E-state index in [4.69, 9.17) is 4.74 Å². The Hall–Kier alpha value is -2.24. The van der Waals surface area contributed by atoms with Crippen LogP contribution in [0.5, 0.6) is 5.75 Å². The number of benzene rings is 1. The second-order valence-corrected chi connectivity index (χ2v) is 8.19. The number of anilines is 1. The number of ether oxygens (including phenoxy) is 1. The maximum atomic E-state index is 12.9. The van der Waals surface area contributed by atoms with Gasteiger partial charge in [-0.2, -0.15) is 0 Å². The quantitative estimate of drug-likeness (QED) is 0.470. The van der Waals surface area contributed by atoms with Crippen LogP contribution in [0.15, 0.2) is 24.3 Å². The number of hydrogen-bond donors (Lipinski definition) is 3. The number of rotatable bonds is 8. The summed E-state index contributed by atoms with van der Waals surface area (Å²) in [5.41, 5.74) is -0.244. The van der Waals surface area contributed by atoms with Gasteiger partial charge in [-0.1, -0.05) is 38.3 Å². The summed E-state index contributed by atoms with van der Waals surface area (Å²) in [6.07, 6.45) is 4.10. The van der Waals surface area contributed by atoms with Crippen LogP contribution in [0, 0.1) is 5.41 Å². The van der Waals surface area contributed by atoms with E-state index in [1.165, 1.54) is 0 Å². The zero-order valence-corrected chi connectivity index (χ0v) is 17.8. The third kappa shape index (κ3) is 5.40. The molecule has 0 aromatic heterocycles. The van der Waals surface area contributed by atoms with E-state index in [0.717, 1.165) is 37.1 Å². The molecular formula is C22H35N3O3. The molecule has 1 aromatic carbocycles. The summed E-state index contributed by atoms with van der Waals surface area (Å²) < 4.78 is 6.04. The number of para-hydroxylation sites is 2. The number of fused-ring (bicyclic) bond motifs is 1. The van der Waals surface area contributed by atoms with Gasteiger partial charge in [0.2, 0.25) is 11.8 Å². The molecule has 2 amide bonds. The fraction of sp³-hybridized carbons (Fsp3) is 0.636. The molecule has 0 aliphatic carbocycles. The Labute approximate surface area is 168 Å². The molecule has 1 aromatic rings. The molecule has 6 nitrogen and oxygen atoms in total. The molecule has 0 saturated carbocycles. The van der Waals surface area contributed by atoms with Crippen LogP contribution in [0.4, 0.5) is 5.69 Å². The van der Waals surface area contributed by atoms with Gasteiger partial charge in [-0.25, -0.2) is 0 Å². The van der Waals surface area contributed by atoms with Gasteiger partial charge in [0.1, 0.15) is 17.3 Å². The normalized spacial score (nSPS) is 21.5. The first-order valence-corrected chi connectivity index (χ1v) is 10.4. The smallest absolute Gasteiger partial charge is 0.235 e. The van der Waals surface area contributed by atoms with Gasteiger partial charge in [0.15, 0.2) is 0 Å². The maximum absolute atomic E-state index is 12.9. The van der Waals surface area contributed by atoms with Gasteiger partial charge in [-0.15, -0.1) is 0 Å². The van der Waals surface area contributed by atoms with Crippen molar-refractivity contribution in [1.82, 2.24) is 10.6 Å². The van der Waals surface area contributed by atoms with Crippen molar-refractivity contribution in [2.45, 2.75) is 78.5 Å². The van der Waals surface area contributed by atoms with Crippen molar-refractivity contribution >= 4 is 17.5 Å². The van der Waals surface area contributed by atoms with E-state index in [-0.39, 0.29) is 30.0 Å². The summed E-state index contributed by atoms with van der Waals surface area (Å²) in [6.45, 7) is 10.0. The third-order valence-electron chi connectivity index (χ3n) is 5.38. The van der Waals surface area contributed by atoms with Crippen LogP contribution in [0.1, 0.15) is 60.3 Å². The minimum absolute atomic E-state index is 0.0458. The largest absolute Gasteiger partial charge is 0.486 e. The van der Waals surface area contributed by atoms with Crippen molar-refractivity contribution in [2.75, 3.05) is 11.9 Å². The predicted octanol–water partition coefficient (Wildman–Crippen LogP) is 3.48. The Bertz CT molecular complexity index is 644. The minimum Gasteiger partial charge on any atom is -0.486 e. The lowest BCUT2D eigenvalue weighted by Gasteiger charge is -2.31. The van der Waals surface area contributed by atoms with Crippen molar-refractivity contribution in [2.24, 2.45) is 5.41 Å². The lowest BCUT2D eigenvalue weighted by atomic mass is 9.89. The first-order valence-electron chi connectivity index (χ1n) is 10.4. The molecule has 1 aliphatic heterocycles. The van der Waals surface area contributed by atoms with Crippen molar-refractivity contribution in [3.8, 4) is 5.75 Å². The van der Waals surface area contributed by atoms with Crippen LogP contribution < -0.4 is 20.7 Å². The van der Waals surface area contributed by atoms with E-state index in [0.29, 0.717) is 6.54 Å². The van der Waals surface area contributed by atoms with E-state index in [1.54, 1.807) is 13.8 Å². The second-order valence-electron chi connectivity index (χ2n) is 8.19.